The molecular weight excluding hydrogens is 389 g/mol. The van der Waals surface area contributed by atoms with Crippen LogP contribution in [0.15, 0.2) is 48.8 Å². The van der Waals surface area contributed by atoms with Gasteiger partial charge in [0.2, 0.25) is 0 Å². The Kier molecular flexibility index (Phi) is 6.92. The summed E-state index contributed by atoms with van der Waals surface area (Å²) in [4.78, 5) is 26.0. The Morgan fingerprint density at radius 1 is 1.13 bits per heavy atom. The van der Waals surface area contributed by atoms with E-state index in [0.717, 1.165) is 16.9 Å². The number of hydroxylamine groups is 1. The van der Waals surface area contributed by atoms with E-state index in [0.29, 0.717) is 18.1 Å². The van der Waals surface area contributed by atoms with Gasteiger partial charge in [-0.3, -0.25) is 14.6 Å². The van der Waals surface area contributed by atoms with Gasteiger partial charge >= 0.3 is 0 Å². The molecule has 8 heteroatoms. The highest BCUT2D eigenvalue weighted by Gasteiger charge is 2.13. The average molecular weight is 411 g/mol. The number of ether oxygens (including phenoxy) is 2. The van der Waals surface area contributed by atoms with Crippen molar-refractivity contribution in [3.8, 4) is 22.8 Å². The zero-order chi connectivity index (χ0) is 21.5. The molecule has 3 aromatic rings. The topological polar surface area (TPSA) is 82.6 Å². The minimum atomic E-state index is -0.587. The van der Waals surface area contributed by atoms with Crippen molar-refractivity contribution in [3.05, 3.63) is 71.4 Å². The number of hydrogen-bond donors (Lipinski definition) is 1. The molecule has 0 aliphatic heterocycles. The second-order valence-electron chi connectivity index (χ2n) is 6.38. The normalized spacial score (nSPS) is 10.5. The van der Waals surface area contributed by atoms with Gasteiger partial charge in [0.1, 0.15) is 29.6 Å². The summed E-state index contributed by atoms with van der Waals surface area (Å²) in [6.45, 7) is 4.26. The predicted molar refractivity (Wildman–Crippen MR) is 109 cm³/mol. The Balaban J connectivity index is 1.68. The summed E-state index contributed by atoms with van der Waals surface area (Å²) in [5.74, 6) is 0.207. The quantitative estimate of drug-likeness (QED) is 0.567. The summed E-state index contributed by atoms with van der Waals surface area (Å²) in [6.07, 6.45) is 2.91. The smallest absolute Gasteiger partial charge is 0.295 e. The number of aryl methyl sites for hydroxylation is 1. The third-order valence-corrected chi connectivity index (χ3v) is 4.30. The van der Waals surface area contributed by atoms with E-state index in [1.807, 2.05) is 32.0 Å². The van der Waals surface area contributed by atoms with Crippen LogP contribution in [0.25, 0.3) is 11.3 Å². The second kappa shape index (κ2) is 9.80. The molecule has 1 amide bonds. The van der Waals surface area contributed by atoms with E-state index < -0.39 is 11.7 Å². The summed E-state index contributed by atoms with van der Waals surface area (Å²) in [6, 6.07) is 9.88. The van der Waals surface area contributed by atoms with Gasteiger partial charge in [0, 0.05) is 11.1 Å². The largest absolute Gasteiger partial charge is 0.497 e. The van der Waals surface area contributed by atoms with E-state index in [9.17, 15) is 9.18 Å². The highest BCUT2D eigenvalue weighted by atomic mass is 19.1. The fourth-order valence-electron chi connectivity index (χ4n) is 2.81. The van der Waals surface area contributed by atoms with Crippen LogP contribution in [-0.4, -0.2) is 29.6 Å². The Hall–Kier alpha value is -3.52. The van der Waals surface area contributed by atoms with E-state index in [-0.39, 0.29) is 17.9 Å². The molecule has 2 aromatic carbocycles. The van der Waals surface area contributed by atoms with Crippen LogP contribution in [0.3, 0.4) is 0 Å². The molecule has 30 heavy (non-hydrogen) atoms. The van der Waals surface area contributed by atoms with Crippen LogP contribution in [0.1, 0.15) is 28.5 Å². The fourth-order valence-corrected chi connectivity index (χ4v) is 2.81. The molecule has 0 bridgehead atoms. The first-order valence-corrected chi connectivity index (χ1v) is 9.32. The number of amides is 1. The Bertz CT molecular complexity index is 1040. The maximum Gasteiger partial charge on any atom is 0.295 e. The minimum Gasteiger partial charge on any atom is -0.497 e. The van der Waals surface area contributed by atoms with Crippen molar-refractivity contribution in [1.29, 1.82) is 0 Å². The maximum atomic E-state index is 13.8. The summed E-state index contributed by atoms with van der Waals surface area (Å²) >= 11 is 0. The van der Waals surface area contributed by atoms with E-state index in [2.05, 4.69) is 15.4 Å². The molecule has 3 rings (SSSR count). The van der Waals surface area contributed by atoms with Gasteiger partial charge in [-0.25, -0.2) is 14.9 Å². The number of nitrogens with one attached hydrogen (secondary N) is 1. The zero-order valence-corrected chi connectivity index (χ0v) is 16.9. The van der Waals surface area contributed by atoms with Gasteiger partial charge in [0.15, 0.2) is 0 Å². The van der Waals surface area contributed by atoms with Crippen molar-refractivity contribution in [2.45, 2.75) is 20.5 Å². The summed E-state index contributed by atoms with van der Waals surface area (Å²) < 4.78 is 24.4. The van der Waals surface area contributed by atoms with Crippen molar-refractivity contribution in [2.24, 2.45) is 0 Å². The molecule has 1 heterocycles. The molecule has 156 valence electrons. The van der Waals surface area contributed by atoms with E-state index in [1.54, 1.807) is 6.20 Å². The number of methoxy groups -OCH3 is 1. The number of aromatic nitrogens is 2. The molecule has 0 fully saturated rings. The molecule has 7 nitrogen and oxygen atoms in total. The van der Waals surface area contributed by atoms with Crippen molar-refractivity contribution in [1.82, 2.24) is 15.4 Å². The molecule has 0 spiro atoms. The zero-order valence-electron chi connectivity index (χ0n) is 16.9. The number of hydrogen-bond acceptors (Lipinski definition) is 6. The first-order chi connectivity index (χ1) is 14.5. The number of nitrogens with zero attached hydrogens (tertiary/aromatic N) is 2. The van der Waals surface area contributed by atoms with E-state index >= 15 is 0 Å². The van der Waals surface area contributed by atoms with Gasteiger partial charge in [0.05, 0.1) is 31.8 Å². The average Bonchev–Trinajstić information content (AvgIpc) is 2.75. The third-order valence-electron chi connectivity index (χ3n) is 4.30. The van der Waals surface area contributed by atoms with E-state index in [4.69, 9.17) is 14.3 Å². The Morgan fingerprint density at radius 2 is 1.93 bits per heavy atom. The van der Waals surface area contributed by atoms with Gasteiger partial charge in [-0.05, 0) is 55.8 Å². The van der Waals surface area contributed by atoms with Crippen LogP contribution < -0.4 is 15.0 Å². The van der Waals surface area contributed by atoms with Crippen LogP contribution in [0.2, 0.25) is 0 Å². The van der Waals surface area contributed by atoms with Crippen molar-refractivity contribution in [3.63, 3.8) is 0 Å². The molecule has 0 saturated heterocycles. The monoisotopic (exact) mass is 411 g/mol. The Morgan fingerprint density at radius 3 is 2.67 bits per heavy atom. The lowest BCUT2D eigenvalue weighted by Crippen LogP contribution is -2.25. The summed E-state index contributed by atoms with van der Waals surface area (Å²) in [7, 11) is 1.48. The number of carbonyl (C=O) groups excluding carboxylic acids is 1. The maximum absolute atomic E-state index is 13.8. The number of benzene rings is 2. The van der Waals surface area contributed by atoms with Gasteiger partial charge in [-0.2, -0.15) is 0 Å². The van der Waals surface area contributed by atoms with Gasteiger partial charge in [0.25, 0.3) is 5.91 Å². The number of halogens is 1. The second-order valence-corrected chi connectivity index (χ2v) is 6.38. The molecule has 0 atom stereocenters. The Labute approximate surface area is 173 Å². The molecule has 1 aromatic heterocycles. The molecule has 0 saturated carbocycles. The van der Waals surface area contributed by atoms with Crippen molar-refractivity contribution in [2.75, 3.05) is 13.7 Å². The van der Waals surface area contributed by atoms with Crippen LogP contribution in [0, 0.1) is 12.7 Å². The fraction of sp³-hybridized carbons (Fsp3) is 0.227. The molecule has 0 aliphatic carbocycles. The van der Waals surface area contributed by atoms with Crippen molar-refractivity contribution < 1.29 is 23.5 Å². The lowest BCUT2D eigenvalue weighted by atomic mass is 10.1. The first kappa shape index (κ1) is 21.2. The minimum absolute atomic E-state index is 0.0758. The molecular formula is C22H22FN3O4. The number of carbonyl (C=O) groups is 1. The van der Waals surface area contributed by atoms with Gasteiger partial charge in [-0.1, -0.05) is 0 Å². The molecule has 0 radical (unpaired) electrons. The van der Waals surface area contributed by atoms with Gasteiger partial charge in [-0.15, -0.1) is 0 Å². The highest BCUT2D eigenvalue weighted by molar-refractivity contribution is 5.91. The van der Waals surface area contributed by atoms with Crippen LogP contribution in [0.5, 0.6) is 11.5 Å². The standard InChI is InChI=1S/C22H22FN3O4/c1-4-29-17-5-7-18(14(2)9-17)20-11-24-12-21(25-20)22(27)26-30-13-15-10-16(28-3)6-8-19(15)23/h5-12H,4,13H2,1-3H3,(H,26,27). The van der Waals surface area contributed by atoms with Crippen LogP contribution in [-0.2, 0) is 11.4 Å². The SMILES string of the molecule is CCOc1ccc(-c2cncc(C(=O)NOCc3cc(OC)ccc3F)n2)c(C)c1. The lowest BCUT2D eigenvalue weighted by Gasteiger charge is -2.10. The van der Waals surface area contributed by atoms with E-state index in [1.165, 1.54) is 31.5 Å². The molecule has 0 unspecified atom stereocenters. The third kappa shape index (κ3) is 5.09. The molecule has 0 aliphatic rings. The summed E-state index contributed by atoms with van der Waals surface area (Å²) in [5.41, 5.74) is 4.91. The lowest BCUT2D eigenvalue weighted by molar-refractivity contribution is 0.0219. The van der Waals surface area contributed by atoms with Gasteiger partial charge < -0.3 is 9.47 Å². The van der Waals surface area contributed by atoms with Crippen molar-refractivity contribution >= 4 is 5.91 Å². The number of rotatable bonds is 8. The predicted octanol–water partition coefficient (Wildman–Crippen LogP) is 3.86. The highest BCUT2D eigenvalue weighted by Crippen LogP contribution is 2.25. The van der Waals surface area contributed by atoms with Crippen LogP contribution >= 0.6 is 0 Å². The molecule has 1 N–H and O–H groups in total. The summed E-state index contributed by atoms with van der Waals surface area (Å²) in [5, 5.41) is 0. The van der Waals surface area contributed by atoms with Crippen LogP contribution in [0.4, 0.5) is 4.39 Å². The first-order valence-electron chi connectivity index (χ1n) is 9.32.